The molecule has 0 saturated carbocycles. The molecule has 4 atom stereocenters. The topological polar surface area (TPSA) is 140 Å². The van der Waals surface area contributed by atoms with Crippen LogP contribution in [0.15, 0.2) is 24.3 Å². The van der Waals surface area contributed by atoms with E-state index in [-0.39, 0.29) is 34.1 Å². The van der Waals surface area contributed by atoms with Gasteiger partial charge in [0.15, 0.2) is 0 Å². The first kappa shape index (κ1) is 19.2. The summed E-state index contributed by atoms with van der Waals surface area (Å²) in [6, 6.07) is 5.61. The standard InChI is InChI=1S/C19H22O8/c1-8-3-11(22)16(15-9(2)5-10(21)6-12(15)23)13(4-8)26-19-18(25)17(24)14(7-20)27-19/h3-6,14,17-25H,7H2,1-2H3/t14-,17-,18-,19+/m1/s1. The Morgan fingerprint density at radius 1 is 0.926 bits per heavy atom. The van der Waals surface area contributed by atoms with Crippen molar-refractivity contribution in [2.24, 2.45) is 0 Å². The highest BCUT2D eigenvalue weighted by Gasteiger charge is 2.44. The SMILES string of the molecule is Cc1cc(O)c(-c2c(C)cc(O)cc2O)c(O[C@H]2O[C@H](CO)[C@@H](O)[C@H]2O)c1. The molecule has 6 N–H and O–H groups in total. The Balaban J connectivity index is 2.08. The van der Waals surface area contributed by atoms with E-state index in [2.05, 4.69) is 0 Å². The molecule has 1 heterocycles. The van der Waals surface area contributed by atoms with Crippen molar-refractivity contribution in [1.29, 1.82) is 0 Å². The molecule has 1 aliphatic heterocycles. The maximum Gasteiger partial charge on any atom is 0.229 e. The summed E-state index contributed by atoms with van der Waals surface area (Å²) in [4.78, 5) is 0. The number of hydrogen-bond donors (Lipinski definition) is 6. The largest absolute Gasteiger partial charge is 0.508 e. The molecule has 3 rings (SSSR count). The van der Waals surface area contributed by atoms with Crippen molar-refractivity contribution in [1.82, 2.24) is 0 Å². The lowest BCUT2D eigenvalue weighted by atomic mass is 9.96. The summed E-state index contributed by atoms with van der Waals surface area (Å²) in [5, 5.41) is 59.6. The summed E-state index contributed by atoms with van der Waals surface area (Å²) in [7, 11) is 0. The molecule has 1 fully saturated rings. The minimum Gasteiger partial charge on any atom is -0.508 e. The average molecular weight is 378 g/mol. The molecule has 0 aromatic heterocycles. The van der Waals surface area contributed by atoms with Crippen molar-refractivity contribution in [3.8, 4) is 34.1 Å². The Morgan fingerprint density at radius 3 is 2.19 bits per heavy atom. The Labute approximate surface area is 155 Å². The zero-order chi connectivity index (χ0) is 19.9. The van der Waals surface area contributed by atoms with Crippen LogP contribution in [-0.4, -0.2) is 61.8 Å². The monoisotopic (exact) mass is 378 g/mol. The summed E-state index contributed by atoms with van der Waals surface area (Å²) in [5.41, 5.74) is 1.52. The van der Waals surface area contributed by atoms with Crippen molar-refractivity contribution in [3.05, 3.63) is 35.4 Å². The van der Waals surface area contributed by atoms with Crippen molar-refractivity contribution in [2.45, 2.75) is 38.4 Å². The number of phenolic OH excluding ortho intramolecular Hbond substituents is 3. The van der Waals surface area contributed by atoms with Gasteiger partial charge in [-0.25, -0.2) is 0 Å². The van der Waals surface area contributed by atoms with E-state index in [1.54, 1.807) is 19.9 Å². The first-order valence-corrected chi connectivity index (χ1v) is 8.38. The highest BCUT2D eigenvalue weighted by Crippen LogP contribution is 2.46. The highest BCUT2D eigenvalue weighted by atomic mass is 16.7. The van der Waals surface area contributed by atoms with Crippen molar-refractivity contribution < 1.29 is 40.1 Å². The maximum absolute atomic E-state index is 10.5. The van der Waals surface area contributed by atoms with Gasteiger partial charge in [-0.15, -0.1) is 0 Å². The Morgan fingerprint density at radius 2 is 1.59 bits per heavy atom. The first-order chi connectivity index (χ1) is 12.7. The van der Waals surface area contributed by atoms with E-state index < -0.39 is 31.2 Å². The molecular weight excluding hydrogens is 356 g/mol. The molecule has 0 aliphatic carbocycles. The van der Waals surface area contributed by atoms with Gasteiger partial charge in [-0.05, 0) is 43.2 Å². The van der Waals surface area contributed by atoms with Gasteiger partial charge in [-0.3, -0.25) is 0 Å². The summed E-state index contributed by atoms with van der Waals surface area (Å²) < 4.78 is 11.0. The quantitative estimate of drug-likeness (QED) is 0.461. The van der Waals surface area contributed by atoms with Crippen molar-refractivity contribution in [2.75, 3.05) is 6.61 Å². The van der Waals surface area contributed by atoms with Crippen molar-refractivity contribution in [3.63, 3.8) is 0 Å². The zero-order valence-electron chi connectivity index (χ0n) is 14.8. The number of aryl methyl sites for hydroxylation is 2. The van der Waals surface area contributed by atoms with E-state index in [4.69, 9.17) is 9.47 Å². The molecule has 1 aliphatic rings. The molecule has 1 saturated heterocycles. The van der Waals surface area contributed by atoms with Crippen LogP contribution in [0.2, 0.25) is 0 Å². The lowest BCUT2D eigenvalue weighted by Crippen LogP contribution is -2.35. The number of ether oxygens (including phenoxy) is 2. The smallest absolute Gasteiger partial charge is 0.229 e. The third-order valence-corrected chi connectivity index (χ3v) is 4.52. The fraction of sp³-hybridized carbons (Fsp3) is 0.368. The molecule has 0 bridgehead atoms. The molecular formula is C19H22O8. The minimum absolute atomic E-state index is 0.103. The Kier molecular flexibility index (Phi) is 5.16. The molecule has 2 aromatic rings. The summed E-state index contributed by atoms with van der Waals surface area (Å²) in [5.74, 6) is -0.476. The maximum atomic E-state index is 10.5. The normalized spacial score (nSPS) is 24.9. The first-order valence-electron chi connectivity index (χ1n) is 8.38. The van der Waals surface area contributed by atoms with Crippen LogP contribution in [0.1, 0.15) is 11.1 Å². The highest BCUT2D eigenvalue weighted by molar-refractivity contribution is 5.84. The van der Waals surface area contributed by atoms with Gasteiger partial charge in [0.1, 0.15) is 41.3 Å². The lowest BCUT2D eigenvalue weighted by Gasteiger charge is -2.21. The van der Waals surface area contributed by atoms with Crippen LogP contribution >= 0.6 is 0 Å². The molecule has 146 valence electrons. The van der Waals surface area contributed by atoms with E-state index in [0.717, 1.165) is 6.07 Å². The van der Waals surface area contributed by atoms with Gasteiger partial charge in [0, 0.05) is 11.6 Å². The molecule has 8 heteroatoms. The molecule has 0 amide bonds. The predicted molar refractivity (Wildman–Crippen MR) is 94.7 cm³/mol. The van der Waals surface area contributed by atoms with E-state index in [1.165, 1.54) is 12.1 Å². The van der Waals surface area contributed by atoms with Gasteiger partial charge in [0.05, 0.1) is 12.2 Å². The van der Waals surface area contributed by atoms with E-state index >= 15 is 0 Å². The van der Waals surface area contributed by atoms with Gasteiger partial charge >= 0.3 is 0 Å². The molecule has 0 radical (unpaired) electrons. The summed E-state index contributed by atoms with van der Waals surface area (Å²) >= 11 is 0. The minimum atomic E-state index is -1.41. The zero-order valence-corrected chi connectivity index (χ0v) is 14.8. The second kappa shape index (κ2) is 7.24. The van der Waals surface area contributed by atoms with Crippen LogP contribution in [0, 0.1) is 13.8 Å². The van der Waals surface area contributed by atoms with Gasteiger partial charge in [-0.2, -0.15) is 0 Å². The van der Waals surface area contributed by atoms with Crippen LogP contribution < -0.4 is 4.74 Å². The van der Waals surface area contributed by atoms with Gasteiger partial charge < -0.3 is 40.1 Å². The molecule has 2 aromatic carbocycles. The fourth-order valence-corrected chi connectivity index (χ4v) is 3.24. The number of rotatable bonds is 4. The van der Waals surface area contributed by atoms with Crippen LogP contribution in [0.25, 0.3) is 11.1 Å². The average Bonchev–Trinajstić information content (AvgIpc) is 2.84. The number of benzene rings is 2. The number of hydrogen-bond acceptors (Lipinski definition) is 8. The van der Waals surface area contributed by atoms with Gasteiger partial charge in [0.25, 0.3) is 0 Å². The number of aromatic hydroxyl groups is 3. The third kappa shape index (κ3) is 3.52. The van der Waals surface area contributed by atoms with Gasteiger partial charge in [0.2, 0.25) is 6.29 Å². The second-order valence-corrected chi connectivity index (χ2v) is 6.64. The second-order valence-electron chi connectivity index (χ2n) is 6.64. The Bertz CT molecular complexity index is 827. The summed E-state index contributed by atoms with van der Waals surface area (Å²) in [6.45, 7) is 2.86. The van der Waals surface area contributed by atoms with Crippen LogP contribution in [0.4, 0.5) is 0 Å². The molecule has 8 nitrogen and oxygen atoms in total. The van der Waals surface area contributed by atoms with E-state index in [1.807, 2.05) is 0 Å². The van der Waals surface area contributed by atoms with Crippen LogP contribution in [-0.2, 0) is 4.74 Å². The lowest BCUT2D eigenvalue weighted by molar-refractivity contribution is -0.116. The van der Waals surface area contributed by atoms with E-state index in [9.17, 15) is 30.6 Å². The number of phenols is 3. The fourth-order valence-electron chi connectivity index (χ4n) is 3.24. The van der Waals surface area contributed by atoms with Crippen LogP contribution in [0.5, 0.6) is 23.0 Å². The Hall–Kier alpha value is -2.52. The molecule has 27 heavy (non-hydrogen) atoms. The van der Waals surface area contributed by atoms with Gasteiger partial charge in [-0.1, -0.05) is 0 Å². The number of aliphatic hydroxyl groups excluding tert-OH is 3. The molecule has 0 spiro atoms. The third-order valence-electron chi connectivity index (χ3n) is 4.52. The number of aliphatic hydroxyl groups is 3. The van der Waals surface area contributed by atoms with Crippen LogP contribution in [0.3, 0.4) is 0 Å². The van der Waals surface area contributed by atoms with E-state index in [0.29, 0.717) is 11.1 Å². The van der Waals surface area contributed by atoms with Crippen molar-refractivity contribution >= 4 is 0 Å². The summed E-state index contributed by atoms with van der Waals surface area (Å²) in [6.07, 6.45) is -5.02. The molecule has 0 unspecified atom stereocenters. The predicted octanol–water partition coefficient (Wildman–Crippen LogP) is 0.905.